The SMILES string of the molecule is C[C@H]1CC[C@H](C)N(C(=O)c2csc(S(=O)(=O)N3CCc4ccccc4C3)c2)C1. The van der Waals surface area contributed by atoms with Crippen LogP contribution in [-0.4, -0.2) is 42.7 Å². The van der Waals surface area contributed by atoms with Crippen LogP contribution in [-0.2, 0) is 23.0 Å². The maximum Gasteiger partial charge on any atom is 0.254 e. The van der Waals surface area contributed by atoms with Crippen molar-refractivity contribution in [3.63, 3.8) is 0 Å². The number of rotatable bonds is 3. The lowest BCUT2D eigenvalue weighted by atomic mass is 9.94. The molecule has 1 amide bonds. The fourth-order valence-corrected chi connectivity index (χ4v) is 6.83. The fourth-order valence-electron chi connectivity index (χ4n) is 4.10. The van der Waals surface area contributed by atoms with Crippen molar-refractivity contribution in [2.75, 3.05) is 13.1 Å². The van der Waals surface area contributed by atoms with Crippen LogP contribution < -0.4 is 0 Å². The molecule has 1 saturated heterocycles. The summed E-state index contributed by atoms with van der Waals surface area (Å²) in [6, 6.07) is 9.73. The van der Waals surface area contributed by atoms with Crippen LogP contribution in [0.2, 0.25) is 0 Å². The third-order valence-corrected chi connectivity index (χ3v) is 9.15. The summed E-state index contributed by atoms with van der Waals surface area (Å²) < 4.78 is 28.1. The summed E-state index contributed by atoms with van der Waals surface area (Å²) in [4.78, 5) is 14.9. The van der Waals surface area contributed by atoms with Gasteiger partial charge in [-0.05, 0) is 49.3 Å². The highest BCUT2D eigenvalue weighted by Gasteiger charge is 2.32. The van der Waals surface area contributed by atoms with Crippen molar-refractivity contribution >= 4 is 27.3 Å². The van der Waals surface area contributed by atoms with E-state index in [1.165, 1.54) is 9.87 Å². The molecule has 3 heterocycles. The van der Waals surface area contributed by atoms with E-state index in [0.717, 1.165) is 42.7 Å². The normalized spacial score (nSPS) is 23.4. The predicted octanol–water partition coefficient (Wildman–Crippen LogP) is 3.76. The van der Waals surface area contributed by atoms with Crippen LogP contribution >= 0.6 is 11.3 Å². The van der Waals surface area contributed by atoms with Gasteiger partial charge in [0.05, 0.1) is 5.56 Å². The molecule has 5 nitrogen and oxygen atoms in total. The third kappa shape index (κ3) is 3.63. The maximum atomic E-state index is 13.1. The predicted molar refractivity (Wildman–Crippen MR) is 111 cm³/mol. The van der Waals surface area contributed by atoms with Gasteiger partial charge in [-0.1, -0.05) is 31.2 Å². The number of carbonyl (C=O) groups excluding carboxylic acids is 1. The molecule has 1 aromatic heterocycles. The first-order valence-electron chi connectivity index (χ1n) is 9.82. The molecule has 7 heteroatoms. The first-order chi connectivity index (χ1) is 13.4. The number of sulfonamides is 1. The zero-order chi connectivity index (χ0) is 19.9. The largest absolute Gasteiger partial charge is 0.336 e. The molecule has 2 aliphatic rings. The van der Waals surface area contributed by atoms with E-state index >= 15 is 0 Å². The zero-order valence-corrected chi connectivity index (χ0v) is 17.9. The Bertz CT molecular complexity index is 983. The standard InChI is InChI=1S/C21H26N2O3S2/c1-15-7-8-16(2)23(12-15)21(24)19-11-20(27-14-19)28(25,26)22-10-9-17-5-3-4-6-18(17)13-22/h3-6,11,14-16H,7-10,12-13H2,1-2H3/t15-,16-/m0/s1. The van der Waals surface area contributed by atoms with Gasteiger partial charge in [0.25, 0.3) is 15.9 Å². The lowest BCUT2D eigenvalue weighted by molar-refractivity contribution is 0.0574. The van der Waals surface area contributed by atoms with Crippen molar-refractivity contribution in [2.24, 2.45) is 5.92 Å². The fraction of sp³-hybridized carbons (Fsp3) is 0.476. The quantitative estimate of drug-likeness (QED) is 0.763. The van der Waals surface area contributed by atoms with Gasteiger partial charge in [0.2, 0.25) is 0 Å². The van der Waals surface area contributed by atoms with E-state index in [4.69, 9.17) is 0 Å². The summed E-state index contributed by atoms with van der Waals surface area (Å²) in [5.41, 5.74) is 2.76. The van der Waals surface area contributed by atoms with Gasteiger partial charge in [-0.25, -0.2) is 8.42 Å². The highest BCUT2D eigenvalue weighted by molar-refractivity contribution is 7.91. The Hall–Kier alpha value is -1.70. The Balaban J connectivity index is 1.54. The Kier molecular flexibility index (Phi) is 5.33. The van der Waals surface area contributed by atoms with E-state index in [1.807, 2.05) is 23.1 Å². The van der Waals surface area contributed by atoms with Gasteiger partial charge in [0.15, 0.2) is 0 Å². The van der Waals surface area contributed by atoms with Crippen LogP contribution in [0, 0.1) is 5.92 Å². The van der Waals surface area contributed by atoms with E-state index in [0.29, 0.717) is 24.6 Å². The van der Waals surface area contributed by atoms with Gasteiger partial charge in [-0.2, -0.15) is 4.31 Å². The summed E-state index contributed by atoms with van der Waals surface area (Å²) >= 11 is 1.15. The molecule has 2 aromatic rings. The minimum absolute atomic E-state index is 0.0549. The molecule has 0 spiro atoms. The monoisotopic (exact) mass is 418 g/mol. The number of carbonyl (C=O) groups is 1. The molecule has 28 heavy (non-hydrogen) atoms. The Morgan fingerprint density at radius 1 is 1.14 bits per heavy atom. The Morgan fingerprint density at radius 2 is 1.89 bits per heavy atom. The molecule has 150 valence electrons. The van der Waals surface area contributed by atoms with Crippen LogP contribution in [0.4, 0.5) is 0 Å². The molecule has 0 radical (unpaired) electrons. The number of hydrogen-bond acceptors (Lipinski definition) is 4. The first kappa shape index (κ1) is 19.6. The van der Waals surface area contributed by atoms with Gasteiger partial charge in [-0.15, -0.1) is 11.3 Å². The first-order valence-corrected chi connectivity index (χ1v) is 12.1. The highest BCUT2D eigenvalue weighted by atomic mass is 32.2. The van der Waals surface area contributed by atoms with Crippen molar-refractivity contribution in [1.29, 1.82) is 0 Å². The molecular weight excluding hydrogens is 392 g/mol. The second kappa shape index (κ2) is 7.61. The lowest BCUT2D eigenvalue weighted by Crippen LogP contribution is -2.44. The van der Waals surface area contributed by atoms with E-state index in [9.17, 15) is 13.2 Å². The summed E-state index contributed by atoms with van der Waals surface area (Å²) in [7, 11) is -3.59. The number of benzene rings is 1. The zero-order valence-electron chi connectivity index (χ0n) is 16.3. The van der Waals surface area contributed by atoms with Gasteiger partial charge in [0, 0.05) is 31.1 Å². The van der Waals surface area contributed by atoms with E-state index in [-0.39, 0.29) is 16.2 Å². The molecule has 1 fully saturated rings. The van der Waals surface area contributed by atoms with E-state index < -0.39 is 10.0 Å². The van der Waals surface area contributed by atoms with Crippen molar-refractivity contribution in [2.45, 2.75) is 49.9 Å². The number of piperidine rings is 1. The molecule has 0 aliphatic carbocycles. The molecule has 1 aromatic carbocycles. The van der Waals surface area contributed by atoms with Crippen molar-refractivity contribution in [1.82, 2.24) is 9.21 Å². The minimum atomic E-state index is -3.59. The van der Waals surface area contributed by atoms with Crippen molar-refractivity contribution in [3.8, 4) is 0 Å². The number of amides is 1. The third-order valence-electron chi connectivity index (χ3n) is 5.89. The van der Waals surface area contributed by atoms with E-state index in [1.54, 1.807) is 11.4 Å². The Labute approximate surface area is 171 Å². The molecule has 4 rings (SSSR count). The average Bonchev–Trinajstić information content (AvgIpc) is 3.20. The number of thiophene rings is 1. The number of nitrogens with zero attached hydrogens (tertiary/aromatic N) is 2. The van der Waals surface area contributed by atoms with Gasteiger partial charge in [0.1, 0.15) is 4.21 Å². The van der Waals surface area contributed by atoms with Crippen LogP contribution in [0.1, 0.15) is 48.2 Å². The molecule has 2 atom stereocenters. The second-order valence-corrected chi connectivity index (χ2v) is 11.1. The summed E-state index contributed by atoms with van der Waals surface area (Å²) in [6.07, 6.45) is 2.84. The van der Waals surface area contributed by atoms with Crippen LogP contribution in [0.3, 0.4) is 0 Å². The highest BCUT2D eigenvalue weighted by Crippen LogP contribution is 2.30. The summed E-state index contributed by atoms with van der Waals surface area (Å²) in [6.45, 7) is 5.82. The topological polar surface area (TPSA) is 57.7 Å². The van der Waals surface area contributed by atoms with Crippen LogP contribution in [0.5, 0.6) is 0 Å². The number of likely N-dealkylation sites (tertiary alicyclic amines) is 1. The van der Waals surface area contributed by atoms with E-state index in [2.05, 4.69) is 19.9 Å². The molecule has 0 bridgehead atoms. The number of hydrogen-bond donors (Lipinski definition) is 0. The molecule has 0 saturated carbocycles. The Morgan fingerprint density at radius 3 is 2.68 bits per heavy atom. The molecule has 0 unspecified atom stereocenters. The van der Waals surface area contributed by atoms with Gasteiger partial charge >= 0.3 is 0 Å². The minimum Gasteiger partial charge on any atom is -0.336 e. The number of fused-ring (bicyclic) bond motifs is 1. The second-order valence-electron chi connectivity index (χ2n) is 8.00. The van der Waals surface area contributed by atoms with Gasteiger partial charge in [-0.3, -0.25) is 4.79 Å². The van der Waals surface area contributed by atoms with Crippen LogP contribution in [0.25, 0.3) is 0 Å². The summed E-state index contributed by atoms with van der Waals surface area (Å²) in [5.74, 6) is 0.427. The van der Waals surface area contributed by atoms with Crippen molar-refractivity contribution in [3.05, 3.63) is 52.4 Å². The molecular formula is C21H26N2O3S2. The maximum absolute atomic E-state index is 13.1. The molecule has 0 N–H and O–H groups in total. The smallest absolute Gasteiger partial charge is 0.254 e. The van der Waals surface area contributed by atoms with Crippen LogP contribution in [0.15, 0.2) is 39.9 Å². The van der Waals surface area contributed by atoms with Gasteiger partial charge < -0.3 is 4.90 Å². The average molecular weight is 419 g/mol. The lowest BCUT2D eigenvalue weighted by Gasteiger charge is -2.36. The summed E-state index contributed by atoms with van der Waals surface area (Å²) in [5, 5.41) is 1.69. The van der Waals surface area contributed by atoms with Crippen molar-refractivity contribution < 1.29 is 13.2 Å². The molecule has 2 aliphatic heterocycles.